The number of imidazole rings is 1. The first kappa shape index (κ1) is 9.45. The number of pyridine rings is 1. The van der Waals surface area contributed by atoms with E-state index in [1.54, 1.807) is 18.3 Å². The molecule has 4 heteroatoms. The van der Waals surface area contributed by atoms with Gasteiger partial charge in [0.05, 0.1) is 18.3 Å². The molecule has 0 aliphatic rings. The number of carboxylic acid groups (broad SMARTS) is 1. The smallest absolute Gasteiger partial charge is 0.307 e. The predicted octanol–water partition coefficient (Wildman–Crippen LogP) is 1.82. The molecule has 15 heavy (non-hydrogen) atoms. The summed E-state index contributed by atoms with van der Waals surface area (Å²) in [5, 5.41) is 8.48. The lowest BCUT2D eigenvalue weighted by atomic mass is 10.3. The maximum absolute atomic E-state index is 10.3. The van der Waals surface area contributed by atoms with Crippen LogP contribution in [-0.4, -0.2) is 20.5 Å². The van der Waals surface area contributed by atoms with Gasteiger partial charge in [0, 0.05) is 6.20 Å². The van der Waals surface area contributed by atoms with Gasteiger partial charge in [-0.05, 0) is 18.2 Å². The molecule has 0 amide bonds. The van der Waals surface area contributed by atoms with Gasteiger partial charge in [0.25, 0.3) is 0 Å². The number of carbonyl (C=O) groups is 1. The van der Waals surface area contributed by atoms with Crippen molar-refractivity contribution >= 4 is 17.7 Å². The fourth-order valence-electron chi connectivity index (χ4n) is 1.36. The lowest BCUT2D eigenvalue weighted by Gasteiger charge is -1.94. The number of fused-ring (bicyclic) bond motifs is 1. The molecule has 0 aliphatic carbocycles. The molecule has 0 fully saturated rings. The maximum Gasteiger partial charge on any atom is 0.307 e. The fourth-order valence-corrected chi connectivity index (χ4v) is 1.36. The first-order valence-corrected chi connectivity index (χ1v) is 4.58. The Kier molecular flexibility index (Phi) is 2.49. The van der Waals surface area contributed by atoms with Gasteiger partial charge in [-0.3, -0.25) is 4.79 Å². The quantitative estimate of drug-likeness (QED) is 0.825. The highest BCUT2D eigenvalue weighted by atomic mass is 16.4. The molecule has 0 radical (unpaired) electrons. The average molecular weight is 202 g/mol. The van der Waals surface area contributed by atoms with E-state index >= 15 is 0 Å². The van der Waals surface area contributed by atoms with E-state index in [2.05, 4.69) is 4.98 Å². The molecule has 0 atom stereocenters. The Morgan fingerprint density at radius 1 is 1.53 bits per heavy atom. The monoisotopic (exact) mass is 202 g/mol. The molecule has 0 aromatic carbocycles. The number of nitrogens with zero attached hydrogens (tertiary/aromatic N) is 2. The standard InChI is InChI=1S/C11H10N2O2/c14-11(15)6-3-4-9-8-12-10-5-1-2-7-13(9)10/h1-5,7-8H,6H2,(H,14,15). The van der Waals surface area contributed by atoms with Crippen LogP contribution in [0.3, 0.4) is 0 Å². The normalized spacial score (nSPS) is 11.2. The van der Waals surface area contributed by atoms with Crippen LogP contribution in [-0.2, 0) is 4.79 Å². The minimum Gasteiger partial charge on any atom is -0.481 e. The van der Waals surface area contributed by atoms with Gasteiger partial charge < -0.3 is 9.51 Å². The SMILES string of the molecule is O=C(O)CC=Cc1cnc2ccccn12. The van der Waals surface area contributed by atoms with Crippen molar-refractivity contribution in [1.29, 1.82) is 0 Å². The summed E-state index contributed by atoms with van der Waals surface area (Å²) in [6, 6.07) is 5.71. The van der Waals surface area contributed by atoms with Crippen LogP contribution in [0.25, 0.3) is 11.7 Å². The van der Waals surface area contributed by atoms with Crippen molar-refractivity contribution in [1.82, 2.24) is 9.38 Å². The van der Waals surface area contributed by atoms with Gasteiger partial charge in [0.15, 0.2) is 0 Å². The van der Waals surface area contributed by atoms with Gasteiger partial charge in [0.1, 0.15) is 5.65 Å². The van der Waals surface area contributed by atoms with Gasteiger partial charge >= 0.3 is 5.97 Å². The molecule has 0 saturated carbocycles. The van der Waals surface area contributed by atoms with E-state index in [0.717, 1.165) is 11.3 Å². The van der Waals surface area contributed by atoms with Crippen LogP contribution in [0.1, 0.15) is 12.1 Å². The second-order valence-electron chi connectivity index (χ2n) is 3.11. The van der Waals surface area contributed by atoms with Crippen LogP contribution >= 0.6 is 0 Å². The van der Waals surface area contributed by atoms with E-state index in [-0.39, 0.29) is 6.42 Å². The molecule has 76 valence electrons. The lowest BCUT2D eigenvalue weighted by molar-refractivity contribution is -0.135. The summed E-state index contributed by atoms with van der Waals surface area (Å²) in [6.07, 6.45) is 7.00. The number of hydrogen-bond acceptors (Lipinski definition) is 2. The fraction of sp³-hybridized carbons (Fsp3) is 0.0909. The highest BCUT2D eigenvalue weighted by molar-refractivity contribution is 5.70. The number of rotatable bonds is 3. The predicted molar refractivity (Wildman–Crippen MR) is 56.5 cm³/mol. The molecule has 4 nitrogen and oxygen atoms in total. The number of aliphatic carboxylic acids is 1. The molecule has 0 aliphatic heterocycles. The summed E-state index contributed by atoms with van der Waals surface area (Å²) in [4.78, 5) is 14.5. The molecule has 0 saturated heterocycles. The van der Waals surface area contributed by atoms with Gasteiger partial charge in [-0.15, -0.1) is 0 Å². The van der Waals surface area contributed by atoms with Crippen molar-refractivity contribution < 1.29 is 9.90 Å². The lowest BCUT2D eigenvalue weighted by Crippen LogP contribution is -1.90. The van der Waals surface area contributed by atoms with Crippen molar-refractivity contribution in [2.75, 3.05) is 0 Å². The van der Waals surface area contributed by atoms with Crippen LogP contribution in [0, 0.1) is 0 Å². The minimum atomic E-state index is -0.833. The minimum absolute atomic E-state index is 0.0278. The molecule has 2 aromatic heterocycles. The van der Waals surface area contributed by atoms with E-state index < -0.39 is 5.97 Å². The van der Waals surface area contributed by atoms with Crippen molar-refractivity contribution in [3.05, 3.63) is 42.4 Å². The molecule has 1 N–H and O–H groups in total. The summed E-state index contributed by atoms with van der Waals surface area (Å²) in [5.41, 5.74) is 1.74. The van der Waals surface area contributed by atoms with E-state index in [0.29, 0.717) is 0 Å². The highest BCUT2D eigenvalue weighted by Crippen LogP contribution is 2.07. The highest BCUT2D eigenvalue weighted by Gasteiger charge is 1.98. The van der Waals surface area contributed by atoms with Crippen molar-refractivity contribution in [3.63, 3.8) is 0 Å². The number of hydrogen-bond donors (Lipinski definition) is 1. The summed E-state index contributed by atoms with van der Waals surface area (Å²) >= 11 is 0. The maximum atomic E-state index is 10.3. The summed E-state index contributed by atoms with van der Waals surface area (Å²) < 4.78 is 1.90. The topological polar surface area (TPSA) is 54.6 Å². The molecule has 0 spiro atoms. The molecular formula is C11H10N2O2. The first-order valence-electron chi connectivity index (χ1n) is 4.58. The van der Waals surface area contributed by atoms with Crippen LogP contribution in [0.5, 0.6) is 0 Å². The van der Waals surface area contributed by atoms with Crippen molar-refractivity contribution in [2.24, 2.45) is 0 Å². The Morgan fingerprint density at radius 3 is 3.20 bits per heavy atom. The summed E-state index contributed by atoms with van der Waals surface area (Å²) in [7, 11) is 0. The molecule has 2 rings (SSSR count). The Morgan fingerprint density at radius 2 is 2.40 bits per heavy atom. The molecule has 2 aromatic rings. The van der Waals surface area contributed by atoms with E-state index in [4.69, 9.17) is 5.11 Å². The third-order valence-corrected chi connectivity index (χ3v) is 2.03. The summed E-state index contributed by atoms with van der Waals surface area (Å²) in [5.74, 6) is -0.833. The Bertz CT molecular complexity index is 514. The van der Waals surface area contributed by atoms with E-state index in [9.17, 15) is 4.79 Å². The Balaban J connectivity index is 2.28. The molecule has 2 heterocycles. The van der Waals surface area contributed by atoms with Gasteiger partial charge in [-0.2, -0.15) is 0 Å². The third kappa shape index (κ3) is 2.04. The molecular weight excluding hydrogens is 192 g/mol. The average Bonchev–Trinajstić information content (AvgIpc) is 2.62. The van der Waals surface area contributed by atoms with Crippen LogP contribution < -0.4 is 0 Å². The van der Waals surface area contributed by atoms with Gasteiger partial charge in [-0.25, -0.2) is 4.98 Å². The van der Waals surface area contributed by atoms with Crippen molar-refractivity contribution in [3.8, 4) is 0 Å². The zero-order chi connectivity index (χ0) is 10.7. The van der Waals surface area contributed by atoms with Gasteiger partial charge in [-0.1, -0.05) is 12.1 Å². The number of aromatic nitrogens is 2. The zero-order valence-corrected chi connectivity index (χ0v) is 8.00. The second kappa shape index (κ2) is 3.96. The largest absolute Gasteiger partial charge is 0.481 e. The molecule has 0 bridgehead atoms. The van der Waals surface area contributed by atoms with Crippen LogP contribution in [0.4, 0.5) is 0 Å². The third-order valence-electron chi connectivity index (χ3n) is 2.03. The molecule has 0 unspecified atom stereocenters. The second-order valence-corrected chi connectivity index (χ2v) is 3.11. The van der Waals surface area contributed by atoms with E-state index in [1.807, 2.05) is 28.8 Å². The van der Waals surface area contributed by atoms with Gasteiger partial charge in [0.2, 0.25) is 0 Å². The Hall–Kier alpha value is -2.10. The summed E-state index contributed by atoms with van der Waals surface area (Å²) in [6.45, 7) is 0. The first-order chi connectivity index (χ1) is 7.27. The Labute approximate surface area is 86.5 Å². The van der Waals surface area contributed by atoms with Crippen molar-refractivity contribution in [2.45, 2.75) is 6.42 Å². The zero-order valence-electron chi connectivity index (χ0n) is 8.00. The van der Waals surface area contributed by atoms with Crippen LogP contribution in [0.2, 0.25) is 0 Å². The van der Waals surface area contributed by atoms with Crippen LogP contribution in [0.15, 0.2) is 36.7 Å². The number of carboxylic acids is 1. The van der Waals surface area contributed by atoms with E-state index in [1.165, 1.54) is 0 Å².